The monoisotopic (exact) mass is 258 g/mol. The molecule has 0 fully saturated rings. The first-order chi connectivity index (χ1) is 8.41. The summed E-state index contributed by atoms with van der Waals surface area (Å²) in [6.07, 6.45) is -2.10. The molecule has 94 valence electrons. The zero-order valence-electron chi connectivity index (χ0n) is 8.60. The molecular weight excluding hydrogens is 253 g/mol. The summed E-state index contributed by atoms with van der Waals surface area (Å²) in [5, 5.41) is 12.0. The van der Waals surface area contributed by atoms with Crippen LogP contribution in [-0.2, 0) is 6.18 Å². The Morgan fingerprint density at radius 2 is 2.06 bits per heavy atom. The van der Waals surface area contributed by atoms with Gasteiger partial charge in [-0.1, -0.05) is 5.16 Å². The summed E-state index contributed by atoms with van der Waals surface area (Å²) in [7, 11) is 0. The molecule has 18 heavy (non-hydrogen) atoms. The highest BCUT2D eigenvalue weighted by Crippen LogP contribution is 2.37. The number of aromatic nitrogens is 2. The minimum atomic E-state index is -4.66. The summed E-state index contributed by atoms with van der Waals surface area (Å²) in [4.78, 5) is 14.2. The second-order valence-electron chi connectivity index (χ2n) is 3.29. The molecule has 2 rings (SSSR count). The second kappa shape index (κ2) is 4.13. The molecule has 5 nitrogen and oxygen atoms in total. The van der Waals surface area contributed by atoms with Crippen molar-refractivity contribution < 1.29 is 27.6 Å². The van der Waals surface area contributed by atoms with Crippen LogP contribution in [0, 0.1) is 0 Å². The molecule has 0 amide bonds. The van der Waals surface area contributed by atoms with Gasteiger partial charge in [-0.2, -0.15) is 13.2 Å². The number of aromatic carboxylic acids is 1. The summed E-state index contributed by atoms with van der Waals surface area (Å²) in [5.41, 5.74) is -1.93. The molecule has 8 heteroatoms. The fourth-order valence-corrected chi connectivity index (χ4v) is 1.40. The molecule has 0 aromatic carbocycles. The van der Waals surface area contributed by atoms with E-state index in [1.165, 1.54) is 0 Å². The van der Waals surface area contributed by atoms with Crippen molar-refractivity contribution >= 4 is 5.97 Å². The van der Waals surface area contributed by atoms with E-state index in [-0.39, 0.29) is 0 Å². The van der Waals surface area contributed by atoms with Crippen molar-refractivity contribution in [3.8, 4) is 11.3 Å². The van der Waals surface area contributed by atoms with Crippen LogP contribution in [0.2, 0.25) is 0 Å². The van der Waals surface area contributed by atoms with Gasteiger partial charge in [0.15, 0.2) is 5.76 Å². The van der Waals surface area contributed by atoms with Gasteiger partial charge in [0.05, 0.1) is 11.8 Å². The van der Waals surface area contributed by atoms with E-state index >= 15 is 0 Å². The number of nitrogens with zero attached hydrogens (tertiary/aromatic N) is 2. The first-order valence-electron chi connectivity index (χ1n) is 4.61. The highest BCUT2D eigenvalue weighted by molar-refractivity contribution is 5.94. The lowest BCUT2D eigenvalue weighted by atomic mass is 10.0. The van der Waals surface area contributed by atoms with E-state index in [0.717, 1.165) is 18.5 Å². The van der Waals surface area contributed by atoms with Crippen LogP contribution in [0.25, 0.3) is 11.3 Å². The fraction of sp³-hybridized carbons (Fsp3) is 0.100. The maximum atomic E-state index is 12.7. The Bertz CT molecular complexity index is 592. The van der Waals surface area contributed by atoms with Crippen LogP contribution >= 0.6 is 0 Å². The quantitative estimate of drug-likeness (QED) is 0.895. The van der Waals surface area contributed by atoms with Crippen molar-refractivity contribution in [2.45, 2.75) is 6.18 Å². The lowest BCUT2D eigenvalue weighted by Gasteiger charge is -2.09. The Kier molecular flexibility index (Phi) is 2.77. The van der Waals surface area contributed by atoms with E-state index in [0.29, 0.717) is 6.20 Å². The van der Waals surface area contributed by atoms with E-state index in [9.17, 15) is 18.0 Å². The first-order valence-corrected chi connectivity index (χ1v) is 4.61. The van der Waals surface area contributed by atoms with Crippen molar-refractivity contribution in [3.05, 3.63) is 35.8 Å². The lowest BCUT2D eigenvalue weighted by molar-refractivity contribution is -0.137. The average Bonchev–Trinajstić information content (AvgIpc) is 2.76. The molecule has 2 heterocycles. The Balaban J connectivity index is 2.65. The molecule has 0 unspecified atom stereocenters. The lowest BCUT2D eigenvalue weighted by Crippen LogP contribution is -2.08. The fourth-order valence-electron chi connectivity index (χ4n) is 1.40. The number of rotatable bonds is 2. The van der Waals surface area contributed by atoms with Gasteiger partial charge in [0.1, 0.15) is 5.56 Å². The van der Waals surface area contributed by atoms with Crippen LogP contribution in [0.15, 0.2) is 29.2 Å². The predicted molar refractivity (Wildman–Crippen MR) is 51.7 cm³/mol. The van der Waals surface area contributed by atoms with Crippen LogP contribution in [-0.4, -0.2) is 21.2 Å². The minimum Gasteiger partial charge on any atom is -0.477 e. The number of alkyl halides is 3. The van der Waals surface area contributed by atoms with Gasteiger partial charge in [-0.3, -0.25) is 4.98 Å². The Morgan fingerprint density at radius 3 is 2.67 bits per heavy atom. The van der Waals surface area contributed by atoms with E-state index in [1.807, 2.05) is 0 Å². The molecule has 0 saturated carbocycles. The third-order valence-corrected chi connectivity index (χ3v) is 2.17. The van der Waals surface area contributed by atoms with Gasteiger partial charge >= 0.3 is 12.1 Å². The molecule has 2 aromatic heterocycles. The van der Waals surface area contributed by atoms with Gasteiger partial charge in [0, 0.05) is 18.0 Å². The van der Waals surface area contributed by atoms with Gasteiger partial charge in [-0.25, -0.2) is 4.79 Å². The van der Waals surface area contributed by atoms with Gasteiger partial charge in [0.2, 0.25) is 0 Å². The zero-order chi connectivity index (χ0) is 13.3. The number of carbonyl (C=O) groups is 1. The third kappa shape index (κ3) is 2.04. The SMILES string of the molecule is O=C(O)c1cnoc1-c1ccncc1C(F)(F)F. The number of carboxylic acids is 1. The highest BCUT2D eigenvalue weighted by Gasteiger charge is 2.36. The first kappa shape index (κ1) is 12.1. The van der Waals surface area contributed by atoms with E-state index in [4.69, 9.17) is 5.11 Å². The van der Waals surface area contributed by atoms with E-state index < -0.39 is 34.6 Å². The normalized spacial score (nSPS) is 11.5. The number of carboxylic acid groups (broad SMARTS) is 1. The molecular formula is C10H5F3N2O3. The molecule has 0 spiro atoms. The molecule has 0 radical (unpaired) electrons. The van der Waals surface area contributed by atoms with Crippen molar-refractivity contribution in [2.75, 3.05) is 0 Å². The number of pyridine rings is 1. The number of hydrogen-bond acceptors (Lipinski definition) is 4. The standard InChI is InChI=1S/C10H5F3N2O3/c11-10(12,13)7-4-14-2-1-5(7)8-6(9(16)17)3-15-18-8/h1-4H,(H,16,17). The van der Waals surface area contributed by atoms with Crippen LogP contribution in [0.3, 0.4) is 0 Å². The van der Waals surface area contributed by atoms with Gasteiger partial charge in [0.25, 0.3) is 0 Å². The average molecular weight is 258 g/mol. The molecule has 0 atom stereocenters. The molecule has 0 bridgehead atoms. The Hall–Kier alpha value is -2.38. The van der Waals surface area contributed by atoms with Gasteiger partial charge < -0.3 is 9.63 Å². The topological polar surface area (TPSA) is 76.2 Å². The van der Waals surface area contributed by atoms with Crippen molar-refractivity contribution in [1.29, 1.82) is 0 Å². The second-order valence-corrected chi connectivity index (χ2v) is 3.29. The van der Waals surface area contributed by atoms with Crippen molar-refractivity contribution in [1.82, 2.24) is 10.1 Å². The van der Waals surface area contributed by atoms with E-state index in [1.54, 1.807) is 0 Å². The number of hydrogen-bond donors (Lipinski definition) is 1. The van der Waals surface area contributed by atoms with Crippen LogP contribution in [0.1, 0.15) is 15.9 Å². The van der Waals surface area contributed by atoms with Crippen LogP contribution < -0.4 is 0 Å². The largest absolute Gasteiger partial charge is 0.477 e. The van der Waals surface area contributed by atoms with Gasteiger partial charge in [-0.15, -0.1) is 0 Å². The molecule has 2 aromatic rings. The van der Waals surface area contributed by atoms with Crippen LogP contribution in [0.5, 0.6) is 0 Å². The maximum absolute atomic E-state index is 12.7. The zero-order valence-corrected chi connectivity index (χ0v) is 8.60. The maximum Gasteiger partial charge on any atom is 0.418 e. The highest BCUT2D eigenvalue weighted by atomic mass is 19.4. The molecule has 1 N–H and O–H groups in total. The summed E-state index contributed by atoms with van der Waals surface area (Å²) < 4.78 is 42.8. The van der Waals surface area contributed by atoms with Crippen molar-refractivity contribution in [3.63, 3.8) is 0 Å². The molecule has 0 aliphatic rings. The number of halogens is 3. The summed E-state index contributed by atoms with van der Waals surface area (Å²) >= 11 is 0. The molecule has 0 aliphatic carbocycles. The van der Waals surface area contributed by atoms with E-state index in [2.05, 4.69) is 14.7 Å². The van der Waals surface area contributed by atoms with Gasteiger partial charge in [-0.05, 0) is 6.07 Å². The summed E-state index contributed by atoms with van der Waals surface area (Å²) in [6, 6.07) is 1.02. The Labute approximate surface area is 97.9 Å². The van der Waals surface area contributed by atoms with Crippen LogP contribution in [0.4, 0.5) is 13.2 Å². The summed E-state index contributed by atoms with van der Waals surface area (Å²) in [6.45, 7) is 0. The Morgan fingerprint density at radius 1 is 1.33 bits per heavy atom. The molecule has 0 aliphatic heterocycles. The smallest absolute Gasteiger partial charge is 0.418 e. The predicted octanol–water partition coefficient (Wildman–Crippen LogP) is 2.45. The van der Waals surface area contributed by atoms with Crippen molar-refractivity contribution in [2.24, 2.45) is 0 Å². The minimum absolute atomic E-state index is 0.410. The molecule has 0 saturated heterocycles. The summed E-state index contributed by atoms with van der Waals surface area (Å²) in [5.74, 6) is -1.87. The third-order valence-electron chi connectivity index (χ3n) is 2.17.